The molecule has 43 heavy (non-hydrogen) atoms. The maximum Gasteiger partial charge on any atom is 0.266 e. The fourth-order valence-electron chi connectivity index (χ4n) is 4.78. The Labute approximate surface area is 261 Å². The average Bonchev–Trinajstić information content (AvgIpc) is 3.55. The van der Waals surface area contributed by atoms with Crippen LogP contribution < -0.4 is 0 Å². The van der Waals surface area contributed by atoms with Crippen LogP contribution in [-0.4, -0.2) is 50.7 Å². The van der Waals surface area contributed by atoms with E-state index in [0.717, 1.165) is 11.3 Å². The monoisotopic (exact) mass is 634 g/mol. The molecule has 5 rings (SSSR count). The summed E-state index contributed by atoms with van der Waals surface area (Å²) in [5, 5.41) is 4.83. The van der Waals surface area contributed by atoms with E-state index in [1.165, 1.54) is 33.1 Å². The highest BCUT2D eigenvalue weighted by atomic mass is 32.2. The predicted molar refractivity (Wildman–Crippen MR) is 173 cm³/mol. The second-order valence-electron chi connectivity index (χ2n) is 10.0. The number of carbonyl (C=O) groups excluding carboxylic acids is 1. The molecule has 1 aliphatic rings. The number of carbonyl (C=O) groups is 1. The summed E-state index contributed by atoms with van der Waals surface area (Å²) < 4.78 is 44.2. The maximum absolute atomic E-state index is 13.6. The van der Waals surface area contributed by atoms with E-state index in [1.807, 2.05) is 56.4 Å². The molecule has 0 aliphatic carbocycles. The zero-order chi connectivity index (χ0) is 30.6. The second-order valence-corrected chi connectivity index (χ2v) is 13.7. The molecule has 1 amide bonds. The Bertz CT molecular complexity index is 1770. The topological polar surface area (TPSA) is 75.5 Å². The average molecular weight is 635 g/mol. The summed E-state index contributed by atoms with van der Waals surface area (Å²) in [6.07, 6.45) is 4.99. The number of thiocarbonyl (C=S) groups is 1. The molecule has 4 aromatic rings. The Morgan fingerprint density at radius 1 is 0.977 bits per heavy atom. The van der Waals surface area contributed by atoms with Gasteiger partial charge in [0.15, 0.2) is 0 Å². The number of nitrogens with zero attached hydrogens (tertiary/aromatic N) is 4. The van der Waals surface area contributed by atoms with Gasteiger partial charge in [0.1, 0.15) is 15.8 Å². The van der Waals surface area contributed by atoms with Crippen LogP contribution >= 0.6 is 24.0 Å². The van der Waals surface area contributed by atoms with Crippen LogP contribution in [0.1, 0.15) is 37.8 Å². The zero-order valence-corrected chi connectivity index (χ0v) is 26.3. The number of aromatic nitrogens is 2. The van der Waals surface area contributed by atoms with Crippen molar-refractivity contribution in [3.8, 4) is 16.9 Å². The third-order valence-electron chi connectivity index (χ3n) is 6.87. The first kappa shape index (κ1) is 30.8. The van der Waals surface area contributed by atoms with E-state index < -0.39 is 10.0 Å². The van der Waals surface area contributed by atoms with Crippen molar-refractivity contribution in [3.05, 3.63) is 107 Å². The van der Waals surface area contributed by atoms with Gasteiger partial charge in [0.2, 0.25) is 10.0 Å². The minimum Gasteiger partial charge on any atom is -0.288 e. The first-order chi connectivity index (χ1) is 20.7. The summed E-state index contributed by atoms with van der Waals surface area (Å²) >= 11 is 6.72. The summed E-state index contributed by atoms with van der Waals surface area (Å²) in [5.41, 5.74) is 3.35. The number of benzene rings is 3. The molecule has 11 heteroatoms. The molecule has 3 aromatic carbocycles. The van der Waals surface area contributed by atoms with Crippen LogP contribution in [0.5, 0.6) is 0 Å². The SMILES string of the molecule is CCCN(CCC)S(=O)(=O)c1cccc(-c2nn(-c3ccccc3)cc2C=C2SC(=S)N(Cc3ccc(F)cc3)C2=O)c1. The Hall–Kier alpha value is -3.64. The van der Waals surface area contributed by atoms with Gasteiger partial charge in [0, 0.05) is 30.4 Å². The molecule has 1 aliphatic heterocycles. The van der Waals surface area contributed by atoms with Gasteiger partial charge in [-0.05, 0) is 60.9 Å². The van der Waals surface area contributed by atoms with Crippen LogP contribution in [0.2, 0.25) is 0 Å². The van der Waals surface area contributed by atoms with Crippen molar-refractivity contribution in [1.29, 1.82) is 0 Å². The number of hydrogen-bond acceptors (Lipinski definition) is 6. The van der Waals surface area contributed by atoms with E-state index in [-0.39, 0.29) is 23.2 Å². The van der Waals surface area contributed by atoms with Crippen LogP contribution in [0.15, 0.2) is 94.9 Å². The predicted octanol–water partition coefficient (Wildman–Crippen LogP) is 6.89. The van der Waals surface area contributed by atoms with E-state index in [0.29, 0.717) is 52.0 Å². The number of thioether (sulfide) groups is 1. The van der Waals surface area contributed by atoms with E-state index in [9.17, 15) is 17.6 Å². The lowest BCUT2D eigenvalue weighted by atomic mass is 10.1. The molecule has 1 aromatic heterocycles. The Morgan fingerprint density at radius 2 is 1.67 bits per heavy atom. The third kappa shape index (κ3) is 6.80. The lowest BCUT2D eigenvalue weighted by Crippen LogP contribution is -2.32. The minimum atomic E-state index is -3.71. The summed E-state index contributed by atoms with van der Waals surface area (Å²) in [4.78, 5) is 15.6. The van der Waals surface area contributed by atoms with Gasteiger partial charge in [0.05, 0.1) is 22.0 Å². The van der Waals surface area contributed by atoms with Crippen molar-refractivity contribution in [2.75, 3.05) is 13.1 Å². The number of amides is 1. The van der Waals surface area contributed by atoms with Crippen molar-refractivity contribution in [3.63, 3.8) is 0 Å². The molecule has 0 N–H and O–H groups in total. The van der Waals surface area contributed by atoms with Crippen LogP contribution in [-0.2, 0) is 21.4 Å². The first-order valence-electron chi connectivity index (χ1n) is 14.0. The molecule has 0 unspecified atom stereocenters. The summed E-state index contributed by atoms with van der Waals surface area (Å²) in [5.74, 6) is -0.610. The van der Waals surface area contributed by atoms with Crippen LogP contribution in [0.25, 0.3) is 23.0 Å². The van der Waals surface area contributed by atoms with Crippen LogP contribution in [0.3, 0.4) is 0 Å². The lowest BCUT2D eigenvalue weighted by Gasteiger charge is -2.21. The number of para-hydroxylation sites is 1. The third-order valence-corrected chi connectivity index (χ3v) is 10.1. The quantitative estimate of drug-likeness (QED) is 0.132. The van der Waals surface area contributed by atoms with Gasteiger partial charge in [-0.3, -0.25) is 9.69 Å². The van der Waals surface area contributed by atoms with Crippen LogP contribution in [0.4, 0.5) is 4.39 Å². The second kappa shape index (κ2) is 13.3. The summed E-state index contributed by atoms with van der Waals surface area (Å²) in [7, 11) is -3.71. The molecule has 1 fully saturated rings. The summed E-state index contributed by atoms with van der Waals surface area (Å²) in [6.45, 7) is 5.02. The van der Waals surface area contributed by atoms with Gasteiger partial charge < -0.3 is 0 Å². The number of sulfonamides is 1. The largest absolute Gasteiger partial charge is 0.288 e. The van der Waals surface area contributed by atoms with Gasteiger partial charge >= 0.3 is 0 Å². The van der Waals surface area contributed by atoms with Crippen molar-refractivity contribution >= 4 is 50.3 Å². The molecule has 0 spiro atoms. The highest BCUT2D eigenvalue weighted by molar-refractivity contribution is 8.26. The van der Waals surface area contributed by atoms with Gasteiger partial charge in [-0.15, -0.1) is 0 Å². The molecule has 2 heterocycles. The molecular formula is C32H31FN4O3S3. The minimum absolute atomic E-state index is 0.192. The molecule has 7 nitrogen and oxygen atoms in total. The number of hydrogen-bond donors (Lipinski definition) is 0. The molecule has 1 saturated heterocycles. The molecule has 0 atom stereocenters. The molecule has 0 bridgehead atoms. The fourth-order valence-corrected chi connectivity index (χ4v) is 7.70. The number of rotatable bonds is 11. The molecular weight excluding hydrogens is 604 g/mol. The van der Waals surface area contributed by atoms with Crippen molar-refractivity contribution in [1.82, 2.24) is 19.0 Å². The Morgan fingerprint density at radius 3 is 2.35 bits per heavy atom. The highest BCUT2D eigenvalue weighted by Crippen LogP contribution is 2.36. The van der Waals surface area contributed by atoms with E-state index in [4.69, 9.17) is 17.3 Å². The zero-order valence-electron chi connectivity index (χ0n) is 23.8. The van der Waals surface area contributed by atoms with Crippen molar-refractivity contribution < 1.29 is 17.6 Å². The van der Waals surface area contributed by atoms with Crippen LogP contribution in [0, 0.1) is 5.82 Å². The summed E-state index contributed by atoms with van der Waals surface area (Å²) in [6, 6.07) is 22.3. The van der Waals surface area contributed by atoms with Gasteiger partial charge in [-0.2, -0.15) is 9.40 Å². The van der Waals surface area contributed by atoms with Gasteiger partial charge in [-0.25, -0.2) is 17.5 Å². The highest BCUT2D eigenvalue weighted by Gasteiger charge is 2.32. The van der Waals surface area contributed by atoms with Gasteiger partial charge in [0.25, 0.3) is 5.91 Å². The van der Waals surface area contributed by atoms with E-state index in [2.05, 4.69) is 0 Å². The van der Waals surface area contributed by atoms with Crippen molar-refractivity contribution in [2.45, 2.75) is 38.1 Å². The molecule has 0 saturated carbocycles. The normalized spacial score (nSPS) is 14.8. The fraction of sp³-hybridized carbons (Fsp3) is 0.219. The van der Waals surface area contributed by atoms with E-state index >= 15 is 0 Å². The lowest BCUT2D eigenvalue weighted by molar-refractivity contribution is -0.122. The molecule has 222 valence electrons. The Kier molecular flexibility index (Phi) is 9.55. The molecule has 0 radical (unpaired) electrons. The van der Waals surface area contributed by atoms with Crippen molar-refractivity contribution in [2.24, 2.45) is 0 Å². The van der Waals surface area contributed by atoms with E-state index in [1.54, 1.807) is 41.1 Å². The Balaban J connectivity index is 1.54. The maximum atomic E-state index is 13.6. The standard InChI is InChI=1S/C32H31FN4O3S3/c1-3-17-35(18-4-2)43(39,40)28-12-8-9-24(19-28)30-25(22-37(34-30)27-10-6-5-7-11-27)20-29-31(38)36(32(41)42-29)21-23-13-15-26(33)16-14-23/h5-16,19-20,22H,3-4,17-18,21H2,1-2H3. The first-order valence-corrected chi connectivity index (χ1v) is 16.6. The number of halogens is 1. The van der Waals surface area contributed by atoms with Gasteiger partial charge in [-0.1, -0.05) is 80.3 Å². The smallest absolute Gasteiger partial charge is 0.266 e.